The zero-order chi connectivity index (χ0) is 20.2. The summed E-state index contributed by atoms with van der Waals surface area (Å²) in [6, 6.07) is 0. The first kappa shape index (κ1) is 24.3. The van der Waals surface area contributed by atoms with Gasteiger partial charge in [-0.1, -0.05) is 53.4 Å². The molecule has 0 aliphatic heterocycles. The highest BCUT2D eigenvalue weighted by Crippen LogP contribution is 2.62. The molecule has 156 valence electrons. The smallest absolute Gasteiger partial charge is 0.323 e. The van der Waals surface area contributed by atoms with E-state index in [-0.39, 0.29) is 5.41 Å². The topological polar surface area (TPSA) is 127 Å². The van der Waals surface area contributed by atoms with Crippen molar-refractivity contribution in [1.82, 2.24) is 5.32 Å². The third-order valence-electron chi connectivity index (χ3n) is 6.79. The molecule has 1 fully saturated rings. The third kappa shape index (κ3) is 4.81. The van der Waals surface area contributed by atoms with Crippen LogP contribution in [0.15, 0.2) is 0 Å². The molecule has 0 radical (unpaired) electrons. The van der Waals surface area contributed by atoms with Gasteiger partial charge in [0.2, 0.25) is 5.52 Å². The molecular formula is C17H37NO6P2. The Morgan fingerprint density at radius 1 is 0.923 bits per heavy atom. The predicted molar refractivity (Wildman–Crippen MR) is 104 cm³/mol. The Kier molecular flexibility index (Phi) is 8.57. The van der Waals surface area contributed by atoms with Crippen LogP contribution in [-0.4, -0.2) is 30.6 Å². The fourth-order valence-electron chi connectivity index (χ4n) is 5.47. The van der Waals surface area contributed by atoms with E-state index >= 15 is 0 Å². The van der Waals surface area contributed by atoms with Gasteiger partial charge in [0, 0.05) is 5.54 Å². The van der Waals surface area contributed by atoms with E-state index in [2.05, 4.69) is 26.1 Å². The first-order valence-corrected chi connectivity index (χ1v) is 13.2. The fourth-order valence-corrected chi connectivity index (χ4v) is 7.87. The Hall–Kier alpha value is 0.260. The molecule has 1 rings (SSSR count). The molecule has 5 N–H and O–H groups in total. The molecule has 9 heteroatoms. The zero-order valence-electron chi connectivity index (χ0n) is 16.5. The molecule has 0 spiro atoms. The normalized spacial score (nSPS) is 28.0. The average molecular weight is 413 g/mol. The van der Waals surface area contributed by atoms with E-state index in [0.29, 0.717) is 18.8 Å². The molecule has 1 aliphatic carbocycles. The van der Waals surface area contributed by atoms with E-state index in [1.807, 2.05) is 6.92 Å². The Balaban J connectivity index is 3.56. The van der Waals surface area contributed by atoms with Gasteiger partial charge < -0.3 is 19.6 Å². The van der Waals surface area contributed by atoms with Gasteiger partial charge in [-0.2, -0.15) is 0 Å². The minimum absolute atomic E-state index is 0.264. The lowest BCUT2D eigenvalue weighted by atomic mass is 9.54. The highest BCUT2D eigenvalue weighted by atomic mass is 31.2. The summed E-state index contributed by atoms with van der Waals surface area (Å²) >= 11 is 0. The number of rotatable bonds is 8. The van der Waals surface area contributed by atoms with Crippen LogP contribution in [0.1, 0.15) is 85.5 Å². The van der Waals surface area contributed by atoms with Crippen molar-refractivity contribution < 1.29 is 28.7 Å². The van der Waals surface area contributed by atoms with E-state index in [4.69, 9.17) is 0 Å². The maximum atomic E-state index is 11.9. The van der Waals surface area contributed by atoms with Gasteiger partial charge in [0.1, 0.15) is 0 Å². The molecule has 2 atom stereocenters. The van der Waals surface area contributed by atoms with Crippen molar-refractivity contribution in [3.05, 3.63) is 0 Å². The number of hydrogen-bond acceptors (Lipinski definition) is 3. The second kappa shape index (κ2) is 9.17. The molecule has 0 aromatic rings. The first-order valence-electron chi connectivity index (χ1n) is 9.82. The molecule has 0 heterocycles. The van der Waals surface area contributed by atoms with Gasteiger partial charge in [-0.25, -0.2) is 0 Å². The van der Waals surface area contributed by atoms with Crippen molar-refractivity contribution in [3.8, 4) is 0 Å². The molecule has 1 aliphatic rings. The Morgan fingerprint density at radius 2 is 1.46 bits per heavy atom. The van der Waals surface area contributed by atoms with Gasteiger partial charge in [-0.15, -0.1) is 0 Å². The summed E-state index contributed by atoms with van der Waals surface area (Å²) in [4.78, 5) is 38.7. The molecule has 0 aromatic carbocycles. The van der Waals surface area contributed by atoms with E-state index in [1.54, 1.807) is 0 Å². The second-order valence-corrected chi connectivity index (χ2v) is 11.5. The highest BCUT2D eigenvalue weighted by molar-refractivity contribution is 7.70. The summed E-state index contributed by atoms with van der Waals surface area (Å²) in [6.07, 6.45) is 7.86. The maximum absolute atomic E-state index is 11.9. The monoisotopic (exact) mass is 413 g/mol. The van der Waals surface area contributed by atoms with Crippen molar-refractivity contribution >= 4 is 15.2 Å². The predicted octanol–water partition coefficient (Wildman–Crippen LogP) is 4.16. The van der Waals surface area contributed by atoms with Crippen LogP contribution < -0.4 is 5.32 Å². The summed E-state index contributed by atoms with van der Waals surface area (Å²) in [5.41, 5.74) is -3.13. The summed E-state index contributed by atoms with van der Waals surface area (Å²) in [5.74, 6) is 0.347. The first-order chi connectivity index (χ1) is 11.9. The average Bonchev–Trinajstić information content (AvgIpc) is 2.53. The third-order valence-corrected chi connectivity index (χ3v) is 10.1. The fraction of sp³-hybridized carbons (Fsp3) is 1.00. The Bertz CT molecular complexity index is 519. The van der Waals surface area contributed by atoms with Gasteiger partial charge in [-0.3, -0.25) is 14.4 Å². The van der Waals surface area contributed by atoms with Crippen LogP contribution in [0.5, 0.6) is 0 Å². The second-order valence-electron chi connectivity index (χ2n) is 7.70. The molecule has 0 amide bonds. The van der Waals surface area contributed by atoms with Crippen LogP contribution >= 0.6 is 15.2 Å². The van der Waals surface area contributed by atoms with Gasteiger partial charge >= 0.3 is 15.2 Å². The van der Waals surface area contributed by atoms with Gasteiger partial charge in [0.25, 0.3) is 0 Å². The summed E-state index contributed by atoms with van der Waals surface area (Å²) in [6.45, 7) is 8.27. The van der Waals surface area contributed by atoms with Gasteiger partial charge in [-0.05, 0) is 43.4 Å². The van der Waals surface area contributed by atoms with Crippen LogP contribution in [-0.2, 0) is 9.13 Å². The van der Waals surface area contributed by atoms with Crippen LogP contribution in [0.4, 0.5) is 0 Å². The molecule has 26 heavy (non-hydrogen) atoms. The van der Waals surface area contributed by atoms with Crippen LogP contribution in [0.25, 0.3) is 0 Å². The molecule has 1 saturated carbocycles. The SMILES string of the molecule is CCC1CCCCCC(CC)(NC(P(=O)(O)O)P(=O)(O)O)C1(CC)CC. The Morgan fingerprint density at radius 3 is 1.85 bits per heavy atom. The van der Waals surface area contributed by atoms with E-state index < -0.39 is 26.3 Å². The van der Waals surface area contributed by atoms with E-state index in [9.17, 15) is 28.7 Å². The Labute approximate surface area is 157 Å². The van der Waals surface area contributed by atoms with Crippen molar-refractivity contribution in [2.75, 3.05) is 0 Å². The molecule has 0 bridgehead atoms. The summed E-state index contributed by atoms with van der Waals surface area (Å²) in [7, 11) is -10.0. The molecular weight excluding hydrogens is 376 g/mol. The van der Waals surface area contributed by atoms with E-state index in [1.165, 1.54) is 0 Å². The molecule has 2 unspecified atom stereocenters. The molecule has 7 nitrogen and oxygen atoms in total. The molecule has 0 saturated heterocycles. The lowest BCUT2D eigenvalue weighted by Gasteiger charge is -2.57. The van der Waals surface area contributed by atoms with Crippen molar-refractivity contribution in [2.45, 2.75) is 96.5 Å². The van der Waals surface area contributed by atoms with Crippen molar-refractivity contribution in [2.24, 2.45) is 11.3 Å². The molecule has 0 aromatic heterocycles. The minimum Gasteiger partial charge on any atom is -0.323 e. The van der Waals surface area contributed by atoms with Crippen LogP contribution in [0, 0.1) is 11.3 Å². The van der Waals surface area contributed by atoms with E-state index in [0.717, 1.165) is 44.9 Å². The highest BCUT2D eigenvalue weighted by Gasteiger charge is 2.56. The largest absolute Gasteiger partial charge is 0.354 e. The van der Waals surface area contributed by atoms with Gasteiger partial charge in [0.05, 0.1) is 0 Å². The summed E-state index contributed by atoms with van der Waals surface area (Å²) in [5, 5.41) is 2.90. The van der Waals surface area contributed by atoms with Crippen molar-refractivity contribution in [3.63, 3.8) is 0 Å². The maximum Gasteiger partial charge on any atom is 0.354 e. The minimum atomic E-state index is -5.02. The number of nitrogens with one attached hydrogen (secondary N) is 1. The zero-order valence-corrected chi connectivity index (χ0v) is 18.3. The van der Waals surface area contributed by atoms with Crippen LogP contribution in [0.2, 0.25) is 0 Å². The number of hydrogen-bond donors (Lipinski definition) is 5. The van der Waals surface area contributed by atoms with Crippen molar-refractivity contribution in [1.29, 1.82) is 0 Å². The lowest BCUT2D eigenvalue weighted by Crippen LogP contribution is -2.63. The van der Waals surface area contributed by atoms with Crippen LogP contribution in [0.3, 0.4) is 0 Å². The quantitative estimate of drug-likeness (QED) is 0.378. The summed E-state index contributed by atoms with van der Waals surface area (Å²) < 4.78 is 23.9. The standard InChI is InChI=1S/C17H37NO6P2/c1-5-14-12-10-9-11-13-17(8-4,16(14,6-2)7-3)18-15(25(19,20)21)26(22,23)24/h14-15,18H,5-13H2,1-4H3,(H2,19,20,21)(H2,22,23,24). The lowest BCUT2D eigenvalue weighted by molar-refractivity contribution is -0.0200. The van der Waals surface area contributed by atoms with Gasteiger partial charge in [0.15, 0.2) is 0 Å².